The summed E-state index contributed by atoms with van der Waals surface area (Å²) in [5, 5.41) is 11.5. The molecule has 2 heterocycles. The first-order valence-corrected chi connectivity index (χ1v) is 13.5. The van der Waals surface area contributed by atoms with E-state index in [0.29, 0.717) is 41.5 Å². The molecule has 0 aliphatic carbocycles. The molecule has 1 saturated heterocycles. The van der Waals surface area contributed by atoms with Crippen LogP contribution in [0.25, 0.3) is 5.76 Å². The number of esters is 1. The first-order chi connectivity index (χ1) is 18.8. The molecule has 0 radical (unpaired) electrons. The van der Waals surface area contributed by atoms with Crippen molar-refractivity contribution in [1.82, 2.24) is 4.98 Å². The van der Waals surface area contributed by atoms with E-state index in [0.717, 1.165) is 17.8 Å². The molecule has 1 aliphatic rings. The van der Waals surface area contributed by atoms with Crippen LogP contribution in [0.3, 0.4) is 0 Å². The number of aromatic nitrogens is 1. The third-order valence-electron chi connectivity index (χ3n) is 6.00. The van der Waals surface area contributed by atoms with Gasteiger partial charge in [0.25, 0.3) is 5.78 Å². The quantitative estimate of drug-likeness (QED) is 0.154. The monoisotopic (exact) mass is 550 g/mol. The van der Waals surface area contributed by atoms with Crippen LogP contribution in [0.4, 0.5) is 5.13 Å². The maximum absolute atomic E-state index is 13.4. The molecule has 9 nitrogen and oxygen atoms in total. The summed E-state index contributed by atoms with van der Waals surface area (Å²) in [6.07, 6.45) is 0.843. The van der Waals surface area contributed by atoms with Crippen molar-refractivity contribution in [3.63, 3.8) is 0 Å². The van der Waals surface area contributed by atoms with Gasteiger partial charge in [0.05, 0.1) is 37.1 Å². The maximum Gasteiger partial charge on any atom is 0.350 e. The van der Waals surface area contributed by atoms with E-state index in [9.17, 15) is 19.5 Å². The van der Waals surface area contributed by atoms with Crippen LogP contribution in [-0.2, 0) is 14.3 Å². The fraction of sp³-hybridized carbons (Fsp3) is 0.310. The molecular formula is C29H30N2O7S. The van der Waals surface area contributed by atoms with Crippen LogP contribution in [0, 0.1) is 6.92 Å². The van der Waals surface area contributed by atoms with Crippen molar-refractivity contribution >= 4 is 39.9 Å². The number of benzene rings is 2. The van der Waals surface area contributed by atoms with Crippen molar-refractivity contribution in [3.8, 4) is 11.5 Å². The highest BCUT2D eigenvalue weighted by Gasteiger charge is 2.48. The molecule has 204 valence electrons. The Morgan fingerprint density at radius 3 is 2.23 bits per heavy atom. The third kappa shape index (κ3) is 5.65. The van der Waals surface area contributed by atoms with E-state index in [-0.39, 0.29) is 27.9 Å². The zero-order valence-electron chi connectivity index (χ0n) is 22.2. The highest BCUT2D eigenvalue weighted by Crippen LogP contribution is 2.44. The minimum absolute atomic E-state index is 0.0862. The molecule has 1 aromatic heterocycles. The number of carbonyl (C=O) groups is 3. The Labute approximate surface area is 230 Å². The summed E-state index contributed by atoms with van der Waals surface area (Å²) in [4.78, 5) is 45.2. The predicted molar refractivity (Wildman–Crippen MR) is 147 cm³/mol. The molecule has 2 aromatic carbocycles. The highest BCUT2D eigenvalue weighted by molar-refractivity contribution is 7.17. The first kappa shape index (κ1) is 27.8. The lowest BCUT2D eigenvalue weighted by molar-refractivity contribution is -0.132. The van der Waals surface area contributed by atoms with Crippen molar-refractivity contribution in [2.45, 2.75) is 40.2 Å². The van der Waals surface area contributed by atoms with Crippen molar-refractivity contribution in [1.29, 1.82) is 0 Å². The van der Waals surface area contributed by atoms with Gasteiger partial charge in [-0.1, -0.05) is 30.4 Å². The van der Waals surface area contributed by atoms with Gasteiger partial charge in [0.1, 0.15) is 22.1 Å². The van der Waals surface area contributed by atoms with Crippen molar-refractivity contribution < 1.29 is 33.7 Å². The van der Waals surface area contributed by atoms with Gasteiger partial charge in [-0.05, 0) is 69.2 Å². The highest BCUT2D eigenvalue weighted by atomic mass is 32.1. The van der Waals surface area contributed by atoms with Gasteiger partial charge in [-0.25, -0.2) is 9.78 Å². The first-order valence-electron chi connectivity index (χ1n) is 12.7. The van der Waals surface area contributed by atoms with Crippen molar-refractivity contribution in [3.05, 3.63) is 75.8 Å². The molecule has 39 heavy (non-hydrogen) atoms. The molecule has 3 aromatic rings. The van der Waals surface area contributed by atoms with Gasteiger partial charge in [0.2, 0.25) is 0 Å². The topological polar surface area (TPSA) is 115 Å². The van der Waals surface area contributed by atoms with Crippen LogP contribution in [0.15, 0.2) is 54.1 Å². The van der Waals surface area contributed by atoms with E-state index in [1.807, 2.05) is 13.8 Å². The van der Waals surface area contributed by atoms with E-state index in [4.69, 9.17) is 14.2 Å². The smallest absolute Gasteiger partial charge is 0.350 e. The standard InChI is InChI=1S/C29H30N2O7S/c1-5-16-38-21-12-8-18(9-13-21)23-22(24(32)19-10-14-20(15-11-19)36-6-2)25(33)27(34)31(23)29-30-17(4)26(39-29)28(35)37-7-3/h8-15,23,32H,5-7,16H2,1-4H3/t23-/m1/s1. The summed E-state index contributed by atoms with van der Waals surface area (Å²) >= 11 is 0.962. The van der Waals surface area contributed by atoms with E-state index in [1.54, 1.807) is 62.4 Å². The molecule has 1 aliphatic heterocycles. The minimum atomic E-state index is -0.989. The summed E-state index contributed by atoms with van der Waals surface area (Å²) in [5.74, 6) is -1.35. The van der Waals surface area contributed by atoms with E-state index in [2.05, 4.69) is 4.98 Å². The Morgan fingerprint density at radius 2 is 1.62 bits per heavy atom. The fourth-order valence-corrected chi connectivity index (χ4v) is 5.20. The summed E-state index contributed by atoms with van der Waals surface area (Å²) in [6.45, 7) is 8.41. The normalized spacial score (nSPS) is 16.4. The lowest BCUT2D eigenvalue weighted by atomic mass is 9.95. The summed E-state index contributed by atoms with van der Waals surface area (Å²) in [7, 11) is 0. The zero-order chi connectivity index (χ0) is 28.1. The molecule has 0 spiro atoms. The predicted octanol–water partition coefficient (Wildman–Crippen LogP) is 5.44. The number of aliphatic hydroxyl groups excluding tert-OH is 1. The average molecular weight is 551 g/mol. The van der Waals surface area contributed by atoms with Gasteiger partial charge in [-0.2, -0.15) is 0 Å². The molecule has 1 atom stereocenters. The van der Waals surface area contributed by atoms with Gasteiger partial charge < -0.3 is 19.3 Å². The van der Waals surface area contributed by atoms with E-state index in [1.165, 1.54) is 4.90 Å². The van der Waals surface area contributed by atoms with E-state index < -0.39 is 23.7 Å². The number of rotatable bonds is 10. The number of nitrogens with zero attached hydrogens (tertiary/aromatic N) is 2. The average Bonchev–Trinajstić information content (AvgIpc) is 3.44. The number of ketones is 1. The van der Waals surface area contributed by atoms with E-state index >= 15 is 0 Å². The number of hydrogen-bond acceptors (Lipinski definition) is 9. The number of ether oxygens (including phenoxy) is 3. The molecule has 1 fully saturated rings. The molecule has 4 rings (SSSR count). The number of Topliss-reactive ketones (excluding diaryl/α,β-unsaturated/α-hetero) is 1. The molecule has 0 saturated carbocycles. The number of amides is 1. The lowest BCUT2D eigenvalue weighted by Crippen LogP contribution is -2.29. The van der Waals surface area contributed by atoms with Crippen LogP contribution < -0.4 is 14.4 Å². The van der Waals surface area contributed by atoms with Crippen molar-refractivity contribution in [2.24, 2.45) is 0 Å². The summed E-state index contributed by atoms with van der Waals surface area (Å²) in [5.41, 5.74) is 1.21. The van der Waals surface area contributed by atoms with Crippen molar-refractivity contribution in [2.75, 3.05) is 24.7 Å². The number of anilines is 1. The Bertz CT molecular complexity index is 1390. The van der Waals surface area contributed by atoms with Crippen LogP contribution in [0.5, 0.6) is 11.5 Å². The van der Waals surface area contributed by atoms with Crippen LogP contribution in [0.1, 0.15) is 59.7 Å². The fourth-order valence-electron chi connectivity index (χ4n) is 4.21. The Morgan fingerprint density at radius 1 is 0.974 bits per heavy atom. The van der Waals surface area contributed by atoms with Gasteiger partial charge >= 0.3 is 11.9 Å². The Kier molecular flexibility index (Phi) is 8.65. The SMILES string of the molecule is CCCOc1ccc([C@@H]2C(=C(O)c3ccc(OCC)cc3)C(=O)C(=O)N2c2nc(C)c(C(=O)OCC)s2)cc1. The molecule has 1 N–H and O–H groups in total. The Hall–Kier alpha value is -4.18. The van der Waals surface area contributed by atoms with Gasteiger partial charge in [-0.15, -0.1) is 0 Å². The number of aryl methyl sites for hydroxylation is 1. The molecule has 0 unspecified atom stereocenters. The maximum atomic E-state index is 13.4. The summed E-state index contributed by atoms with van der Waals surface area (Å²) < 4.78 is 16.3. The minimum Gasteiger partial charge on any atom is -0.507 e. The Balaban J connectivity index is 1.84. The molecular weight excluding hydrogens is 520 g/mol. The zero-order valence-corrected chi connectivity index (χ0v) is 23.0. The molecule has 10 heteroatoms. The molecule has 0 bridgehead atoms. The lowest BCUT2D eigenvalue weighted by Gasteiger charge is -2.23. The second kappa shape index (κ2) is 12.1. The second-order valence-electron chi connectivity index (χ2n) is 8.68. The summed E-state index contributed by atoms with van der Waals surface area (Å²) in [6, 6.07) is 12.6. The number of thiazole rings is 1. The second-order valence-corrected chi connectivity index (χ2v) is 9.65. The largest absolute Gasteiger partial charge is 0.507 e. The molecule has 1 amide bonds. The number of carbonyl (C=O) groups excluding carboxylic acids is 3. The number of aliphatic hydroxyl groups is 1. The number of hydrogen-bond donors (Lipinski definition) is 1. The van der Waals surface area contributed by atoms with Crippen LogP contribution in [0.2, 0.25) is 0 Å². The van der Waals surface area contributed by atoms with Gasteiger partial charge in [0.15, 0.2) is 5.13 Å². The van der Waals surface area contributed by atoms with Crippen LogP contribution >= 0.6 is 11.3 Å². The third-order valence-corrected chi connectivity index (χ3v) is 7.14. The van der Waals surface area contributed by atoms with Gasteiger partial charge in [-0.3, -0.25) is 14.5 Å². The van der Waals surface area contributed by atoms with Gasteiger partial charge in [0, 0.05) is 5.56 Å². The van der Waals surface area contributed by atoms with Crippen LogP contribution in [-0.4, -0.2) is 47.6 Å².